The van der Waals surface area contributed by atoms with Crippen molar-refractivity contribution in [2.75, 3.05) is 0 Å². The van der Waals surface area contributed by atoms with Crippen LogP contribution in [0, 0.1) is 0 Å². The van der Waals surface area contributed by atoms with Crippen molar-refractivity contribution in [2.24, 2.45) is 0 Å². The Morgan fingerprint density at radius 2 is 2.07 bits per heavy atom. The lowest BCUT2D eigenvalue weighted by Crippen LogP contribution is -2.19. The van der Waals surface area contributed by atoms with Crippen LogP contribution in [0.25, 0.3) is 6.08 Å². The maximum atomic E-state index is 11.7. The normalized spacial score (nSPS) is 18.3. The molecule has 0 radical (unpaired) electrons. The van der Waals surface area contributed by atoms with Gasteiger partial charge in [-0.2, -0.15) is 0 Å². The summed E-state index contributed by atoms with van der Waals surface area (Å²) in [4.78, 5) is 11.7. The highest BCUT2D eigenvalue weighted by Gasteiger charge is 2.16. The van der Waals surface area contributed by atoms with Gasteiger partial charge < -0.3 is 10.4 Å². The van der Waals surface area contributed by atoms with E-state index >= 15 is 0 Å². The molecular weight excluding hydrogens is 258 g/mol. The maximum Gasteiger partial charge on any atom is 0.257 e. The number of rotatable bonds is 0. The van der Waals surface area contributed by atoms with Gasteiger partial charge in [0.25, 0.3) is 5.91 Å². The molecule has 0 saturated heterocycles. The zero-order valence-electron chi connectivity index (χ0n) is 7.70. The van der Waals surface area contributed by atoms with Gasteiger partial charge in [0.05, 0.1) is 5.56 Å². The summed E-state index contributed by atoms with van der Waals surface area (Å²) in [6.07, 6.45) is 6.70. The van der Waals surface area contributed by atoms with E-state index in [1.54, 1.807) is 36.6 Å². The minimum atomic E-state index is -0.242. The molecule has 1 aliphatic heterocycles. The largest absolute Gasteiger partial charge is 0.507 e. The predicted molar refractivity (Wildman–Crippen MR) is 61.4 cm³/mol. The molecule has 0 fully saturated rings. The Hall–Kier alpha value is -1.55. The third-order valence-electron chi connectivity index (χ3n) is 2.08. The Kier molecular flexibility index (Phi) is 2.60. The fourth-order valence-electron chi connectivity index (χ4n) is 1.38. The standard InChI is InChI=1S/C11H8BrNO2/c12-8-4-5-9(14)7-3-1-2-6-13-11(15)10(7)8/h1-6,14H,(H,13,15). The van der Waals surface area contributed by atoms with Crippen molar-refractivity contribution >= 4 is 27.9 Å². The van der Waals surface area contributed by atoms with Crippen molar-refractivity contribution in [3.63, 3.8) is 0 Å². The molecule has 76 valence electrons. The highest BCUT2D eigenvalue weighted by atomic mass is 79.9. The zero-order valence-corrected chi connectivity index (χ0v) is 9.28. The Morgan fingerprint density at radius 1 is 1.27 bits per heavy atom. The Bertz CT molecular complexity index is 478. The molecule has 1 aromatic rings. The summed E-state index contributed by atoms with van der Waals surface area (Å²) >= 11 is 3.29. The predicted octanol–water partition coefficient (Wildman–Crippen LogP) is 2.43. The first-order chi connectivity index (χ1) is 7.20. The van der Waals surface area contributed by atoms with Crippen molar-refractivity contribution in [1.82, 2.24) is 5.32 Å². The number of benzene rings is 1. The Morgan fingerprint density at radius 3 is 2.87 bits per heavy atom. The second-order valence-electron chi connectivity index (χ2n) is 3.05. The highest BCUT2D eigenvalue weighted by Crippen LogP contribution is 2.29. The van der Waals surface area contributed by atoms with Gasteiger partial charge in [0.1, 0.15) is 5.75 Å². The molecule has 1 heterocycles. The van der Waals surface area contributed by atoms with E-state index in [2.05, 4.69) is 21.2 Å². The third kappa shape index (κ3) is 1.80. The van der Waals surface area contributed by atoms with E-state index in [1.165, 1.54) is 0 Å². The topological polar surface area (TPSA) is 49.3 Å². The summed E-state index contributed by atoms with van der Waals surface area (Å²) in [6, 6.07) is 3.19. The second-order valence-corrected chi connectivity index (χ2v) is 3.90. The first-order valence-corrected chi connectivity index (χ1v) is 5.15. The molecule has 0 atom stereocenters. The smallest absolute Gasteiger partial charge is 0.257 e. The van der Waals surface area contributed by atoms with E-state index in [1.807, 2.05) is 0 Å². The number of aromatic hydroxyl groups is 1. The first kappa shape index (κ1) is 9.98. The van der Waals surface area contributed by atoms with Crippen molar-refractivity contribution in [3.05, 3.63) is 46.1 Å². The van der Waals surface area contributed by atoms with Crippen LogP contribution < -0.4 is 5.32 Å². The number of carbonyl (C=O) groups excluding carboxylic acids is 1. The molecule has 2 N–H and O–H groups in total. The van der Waals surface area contributed by atoms with Crippen LogP contribution in [0.2, 0.25) is 0 Å². The lowest BCUT2D eigenvalue weighted by Gasteiger charge is -2.10. The van der Waals surface area contributed by atoms with E-state index in [-0.39, 0.29) is 11.7 Å². The molecule has 0 aliphatic carbocycles. The van der Waals surface area contributed by atoms with Crippen LogP contribution in [0.1, 0.15) is 15.9 Å². The molecule has 0 bridgehead atoms. The number of carbonyl (C=O) groups is 1. The molecule has 0 unspecified atom stereocenters. The lowest BCUT2D eigenvalue weighted by atomic mass is 10.0. The van der Waals surface area contributed by atoms with Crippen LogP contribution in [0.15, 0.2) is 35.0 Å². The molecule has 2 rings (SSSR count). The van der Waals surface area contributed by atoms with E-state index in [0.29, 0.717) is 15.6 Å². The van der Waals surface area contributed by atoms with Crippen molar-refractivity contribution in [3.8, 4) is 5.75 Å². The zero-order chi connectivity index (χ0) is 10.8. The third-order valence-corrected chi connectivity index (χ3v) is 2.74. The van der Waals surface area contributed by atoms with Gasteiger partial charge in [-0.15, -0.1) is 0 Å². The van der Waals surface area contributed by atoms with Crippen LogP contribution >= 0.6 is 15.9 Å². The Balaban J connectivity index is 2.71. The van der Waals surface area contributed by atoms with Gasteiger partial charge >= 0.3 is 0 Å². The van der Waals surface area contributed by atoms with E-state index in [4.69, 9.17) is 0 Å². The van der Waals surface area contributed by atoms with Crippen LogP contribution in [0.5, 0.6) is 5.75 Å². The summed E-state index contributed by atoms with van der Waals surface area (Å²) in [5, 5.41) is 12.2. The van der Waals surface area contributed by atoms with Crippen molar-refractivity contribution < 1.29 is 9.90 Å². The molecule has 0 aromatic heterocycles. The monoisotopic (exact) mass is 265 g/mol. The summed E-state index contributed by atoms with van der Waals surface area (Å²) < 4.78 is 0.660. The number of allylic oxidation sites excluding steroid dienone is 2. The second kappa shape index (κ2) is 3.90. The average molecular weight is 266 g/mol. The minimum Gasteiger partial charge on any atom is -0.507 e. The van der Waals surface area contributed by atoms with E-state index < -0.39 is 0 Å². The number of halogens is 1. The Labute approximate surface area is 95.2 Å². The fourth-order valence-corrected chi connectivity index (χ4v) is 1.91. The number of hydrogen-bond donors (Lipinski definition) is 2. The molecule has 1 aromatic carbocycles. The quantitative estimate of drug-likeness (QED) is 0.757. The average Bonchev–Trinajstić information content (AvgIpc) is 2.18. The van der Waals surface area contributed by atoms with Crippen molar-refractivity contribution in [2.45, 2.75) is 0 Å². The van der Waals surface area contributed by atoms with Gasteiger partial charge in [-0.1, -0.05) is 12.2 Å². The SMILES string of the molecule is O=C1N/C=C/C=C/c2c(O)ccc(Br)c21. The number of phenols is 1. The van der Waals surface area contributed by atoms with Gasteiger partial charge in [-0.25, -0.2) is 0 Å². The maximum absolute atomic E-state index is 11.7. The van der Waals surface area contributed by atoms with Crippen LogP contribution in [0.3, 0.4) is 0 Å². The van der Waals surface area contributed by atoms with Gasteiger partial charge in [0.15, 0.2) is 0 Å². The minimum absolute atomic E-state index is 0.0925. The van der Waals surface area contributed by atoms with E-state index in [0.717, 1.165) is 0 Å². The molecular formula is C11H8BrNO2. The fraction of sp³-hybridized carbons (Fsp3) is 0. The number of phenolic OH excluding ortho intramolecular Hbond substituents is 1. The van der Waals surface area contributed by atoms with E-state index in [9.17, 15) is 9.90 Å². The number of fused-ring (bicyclic) bond motifs is 1. The summed E-state index contributed by atoms with van der Waals surface area (Å²) in [5.41, 5.74) is 0.960. The number of nitrogens with one attached hydrogen (secondary N) is 1. The summed E-state index contributed by atoms with van der Waals surface area (Å²) in [7, 11) is 0. The first-order valence-electron chi connectivity index (χ1n) is 4.35. The molecule has 0 spiro atoms. The molecule has 15 heavy (non-hydrogen) atoms. The highest BCUT2D eigenvalue weighted by molar-refractivity contribution is 9.10. The van der Waals surface area contributed by atoms with Crippen LogP contribution in [-0.4, -0.2) is 11.0 Å². The molecule has 0 saturated carbocycles. The van der Waals surface area contributed by atoms with Crippen molar-refractivity contribution in [1.29, 1.82) is 0 Å². The summed E-state index contributed by atoms with van der Waals surface area (Å²) in [6.45, 7) is 0. The van der Waals surface area contributed by atoms with Crippen LogP contribution in [0.4, 0.5) is 0 Å². The van der Waals surface area contributed by atoms with Gasteiger partial charge in [-0.05, 0) is 34.1 Å². The molecule has 1 aliphatic rings. The number of hydrogen-bond acceptors (Lipinski definition) is 2. The number of amides is 1. The van der Waals surface area contributed by atoms with Gasteiger partial charge in [0, 0.05) is 16.2 Å². The van der Waals surface area contributed by atoms with Gasteiger partial charge in [-0.3, -0.25) is 4.79 Å². The van der Waals surface area contributed by atoms with Gasteiger partial charge in [0.2, 0.25) is 0 Å². The van der Waals surface area contributed by atoms with Crippen LogP contribution in [-0.2, 0) is 0 Å². The molecule has 4 heteroatoms. The molecule has 3 nitrogen and oxygen atoms in total. The molecule has 1 amide bonds. The summed E-state index contributed by atoms with van der Waals surface area (Å²) in [5.74, 6) is -0.150. The lowest BCUT2D eigenvalue weighted by molar-refractivity contribution is 0.0968.